The highest BCUT2D eigenvalue weighted by molar-refractivity contribution is 6.04. The van der Waals surface area contributed by atoms with E-state index in [0.717, 1.165) is 18.9 Å². The molecule has 0 aliphatic heterocycles. The monoisotopic (exact) mass is 391 g/mol. The molecule has 4 rings (SSSR count). The molecule has 3 aromatic rings. The molecule has 1 saturated carbocycles. The molecule has 0 radical (unpaired) electrons. The van der Waals surface area contributed by atoms with Gasteiger partial charge in [-0.15, -0.1) is 5.10 Å². The van der Waals surface area contributed by atoms with Gasteiger partial charge in [0.15, 0.2) is 5.82 Å². The van der Waals surface area contributed by atoms with Crippen molar-refractivity contribution in [3.63, 3.8) is 0 Å². The first-order valence-corrected chi connectivity index (χ1v) is 8.39. The number of carbonyl (C=O) groups is 1. The zero-order chi connectivity index (χ0) is 19.9. The standard InChI is InChI=1S/C18H13F4N5O/c19-15-7-4-11(9-14(15)18(20,21)22)17(28)23-12-3-1-2-10(8-12)16-24-25-26-27(16)13-5-6-13/h1-4,7-9,13H,5-6H2,(H,23,28). The Bertz CT molecular complexity index is 1040. The van der Waals surface area contributed by atoms with Gasteiger partial charge in [-0.25, -0.2) is 9.07 Å². The molecule has 1 aliphatic rings. The first-order chi connectivity index (χ1) is 13.3. The van der Waals surface area contributed by atoms with Crippen LogP contribution in [0.1, 0.15) is 34.8 Å². The molecule has 0 bridgehead atoms. The topological polar surface area (TPSA) is 72.7 Å². The van der Waals surface area contributed by atoms with Crippen LogP contribution in [0, 0.1) is 5.82 Å². The molecule has 0 atom stereocenters. The number of benzene rings is 2. The summed E-state index contributed by atoms with van der Waals surface area (Å²) in [5.41, 5.74) is -0.782. The maximum atomic E-state index is 13.4. The minimum Gasteiger partial charge on any atom is -0.322 e. The van der Waals surface area contributed by atoms with Gasteiger partial charge in [0.25, 0.3) is 5.91 Å². The van der Waals surface area contributed by atoms with Crippen molar-refractivity contribution in [2.45, 2.75) is 25.1 Å². The van der Waals surface area contributed by atoms with Crippen LogP contribution in [0.5, 0.6) is 0 Å². The van der Waals surface area contributed by atoms with Crippen molar-refractivity contribution >= 4 is 11.6 Å². The Morgan fingerprint density at radius 2 is 1.93 bits per heavy atom. The molecule has 0 unspecified atom stereocenters. The van der Waals surface area contributed by atoms with E-state index < -0.39 is 23.5 Å². The SMILES string of the molecule is O=C(Nc1cccc(-c2nnnn2C2CC2)c1)c1ccc(F)c(C(F)(F)F)c1. The van der Waals surface area contributed by atoms with Gasteiger partial charge in [-0.1, -0.05) is 12.1 Å². The number of alkyl halides is 3. The molecule has 6 nitrogen and oxygen atoms in total. The van der Waals surface area contributed by atoms with Crippen molar-refractivity contribution in [2.24, 2.45) is 0 Å². The summed E-state index contributed by atoms with van der Waals surface area (Å²) < 4.78 is 53.6. The summed E-state index contributed by atoms with van der Waals surface area (Å²) in [6, 6.07) is 9.00. The molecule has 10 heteroatoms. The van der Waals surface area contributed by atoms with Crippen LogP contribution >= 0.6 is 0 Å². The van der Waals surface area contributed by atoms with E-state index in [1.165, 1.54) is 0 Å². The normalized spacial score (nSPS) is 14.1. The van der Waals surface area contributed by atoms with Gasteiger partial charge < -0.3 is 5.32 Å². The van der Waals surface area contributed by atoms with Gasteiger partial charge in [-0.05, 0) is 53.6 Å². The second-order valence-corrected chi connectivity index (χ2v) is 6.41. The number of tetrazole rings is 1. The van der Waals surface area contributed by atoms with Crippen LogP contribution in [-0.4, -0.2) is 26.1 Å². The van der Waals surface area contributed by atoms with Crippen molar-refractivity contribution in [2.75, 3.05) is 5.32 Å². The molecule has 1 amide bonds. The fourth-order valence-corrected chi connectivity index (χ4v) is 2.77. The maximum Gasteiger partial charge on any atom is 0.419 e. The highest BCUT2D eigenvalue weighted by Gasteiger charge is 2.34. The fourth-order valence-electron chi connectivity index (χ4n) is 2.77. The summed E-state index contributed by atoms with van der Waals surface area (Å²) in [4.78, 5) is 12.3. The first kappa shape index (κ1) is 18.1. The second-order valence-electron chi connectivity index (χ2n) is 6.41. The smallest absolute Gasteiger partial charge is 0.322 e. The molecule has 1 aliphatic carbocycles. The van der Waals surface area contributed by atoms with Gasteiger partial charge in [-0.2, -0.15) is 13.2 Å². The maximum absolute atomic E-state index is 13.4. The molecule has 0 saturated heterocycles. The van der Waals surface area contributed by atoms with Gasteiger partial charge in [0.05, 0.1) is 11.6 Å². The van der Waals surface area contributed by atoms with Gasteiger partial charge in [0, 0.05) is 16.8 Å². The minimum absolute atomic E-state index is 0.253. The summed E-state index contributed by atoms with van der Waals surface area (Å²) >= 11 is 0. The molecule has 1 fully saturated rings. The lowest BCUT2D eigenvalue weighted by Gasteiger charge is -2.11. The van der Waals surface area contributed by atoms with Crippen LogP contribution in [0.25, 0.3) is 11.4 Å². The highest BCUT2D eigenvalue weighted by atomic mass is 19.4. The Balaban J connectivity index is 1.58. The van der Waals surface area contributed by atoms with Crippen LogP contribution in [-0.2, 0) is 6.18 Å². The Morgan fingerprint density at radius 3 is 2.64 bits per heavy atom. The largest absolute Gasteiger partial charge is 0.419 e. The summed E-state index contributed by atoms with van der Waals surface area (Å²) in [7, 11) is 0. The average molecular weight is 391 g/mol. The van der Waals surface area contributed by atoms with E-state index in [-0.39, 0.29) is 11.6 Å². The molecule has 28 heavy (non-hydrogen) atoms. The number of hydrogen-bond acceptors (Lipinski definition) is 4. The molecule has 1 aromatic heterocycles. The zero-order valence-electron chi connectivity index (χ0n) is 14.2. The number of anilines is 1. The first-order valence-electron chi connectivity index (χ1n) is 8.39. The molecule has 0 spiro atoms. The number of halogens is 4. The Hall–Kier alpha value is -3.30. The van der Waals surface area contributed by atoms with Crippen molar-refractivity contribution in [1.29, 1.82) is 0 Å². The van der Waals surface area contributed by atoms with E-state index in [0.29, 0.717) is 29.2 Å². The Kier molecular flexibility index (Phi) is 4.33. The molecule has 2 aromatic carbocycles. The number of nitrogens with one attached hydrogen (secondary N) is 1. The van der Waals surface area contributed by atoms with Crippen LogP contribution in [0.2, 0.25) is 0 Å². The molecule has 1 heterocycles. The van der Waals surface area contributed by atoms with Gasteiger partial charge in [0.2, 0.25) is 0 Å². The number of amides is 1. The predicted molar refractivity (Wildman–Crippen MR) is 90.9 cm³/mol. The zero-order valence-corrected chi connectivity index (χ0v) is 14.2. The third kappa shape index (κ3) is 3.57. The number of carbonyl (C=O) groups excluding carboxylic acids is 1. The van der Waals surface area contributed by atoms with Crippen molar-refractivity contribution in [1.82, 2.24) is 20.2 Å². The van der Waals surface area contributed by atoms with E-state index in [2.05, 4.69) is 20.8 Å². The summed E-state index contributed by atoms with van der Waals surface area (Å²) in [6.07, 6.45) is -2.92. The number of hydrogen-bond donors (Lipinski definition) is 1. The lowest BCUT2D eigenvalue weighted by molar-refractivity contribution is -0.140. The number of rotatable bonds is 4. The van der Waals surface area contributed by atoms with Crippen molar-refractivity contribution in [3.8, 4) is 11.4 Å². The Morgan fingerprint density at radius 1 is 1.14 bits per heavy atom. The number of nitrogens with zero attached hydrogens (tertiary/aromatic N) is 4. The average Bonchev–Trinajstić information content (AvgIpc) is 3.37. The third-order valence-corrected chi connectivity index (χ3v) is 4.30. The quantitative estimate of drug-likeness (QED) is 0.680. The number of aromatic nitrogens is 4. The lowest BCUT2D eigenvalue weighted by atomic mass is 10.1. The van der Waals surface area contributed by atoms with Gasteiger partial charge in [-0.3, -0.25) is 4.79 Å². The van der Waals surface area contributed by atoms with Gasteiger partial charge >= 0.3 is 6.18 Å². The van der Waals surface area contributed by atoms with E-state index >= 15 is 0 Å². The highest BCUT2D eigenvalue weighted by Crippen LogP contribution is 2.37. The van der Waals surface area contributed by atoms with Crippen molar-refractivity contribution in [3.05, 3.63) is 59.4 Å². The molecule has 1 N–H and O–H groups in total. The fraction of sp³-hybridized carbons (Fsp3) is 0.222. The van der Waals surface area contributed by atoms with Crippen LogP contribution < -0.4 is 5.32 Å². The minimum atomic E-state index is -4.89. The summed E-state index contributed by atoms with van der Waals surface area (Å²) in [6.45, 7) is 0. The second kappa shape index (κ2) is 6.70. The van der Waals surface area contributed by atoms with E-state index in [1.54, 1.807) is 28.9 Å². The van der Waals surface area contributed by atoms with Crippen molar-refractivity contribution < 1.29 is 22.4 Å². The molecular weight excluding hydrogens is 378 g/mol. The molecule has 144 valence electrons. The lowest BCUT2D eigenvalue weighted by Crippen LogP contribution is -2.15. The van der Waals surface area contributed by atoms with Crippen LogP contribution in [0.4, 0.5) is 23.2 Å². The molecular formula is C18H13F4N5O. The van der Waals surface area contributed by atoms with Crippen LogP contribution in [0.3, 0.4) is 0 Å². The van der Waals surface area contributed by atoms with E-state index in [1.807, 2.05) is 0 Å². The Labute approximate surface area is 156 Å². The van der Waals surface area contributed by atoms with Crippen LogP contribution in [0.15, 0.2) is 42.5 Å². The summed E-state index contributed by atoms with van der Waals surface area (Å²) in [5, 5.41) is 14.1. The van der Waals surface area contributed by atoms with E-state index in [9.17, 15) is 22.4 Å². The summed E-state index contributed by atoms with van der Waals surface area (Å²) in [5.74, 6) is -1.68. The van der Waals surface area contributed by atoms with Gasteiger partial charge in [0.1, 0.15) is 5.82 Å². The third-order valence-electron chi connectivity index (χ3n) is 4.30. The van der Waals surface area contributed by atoms with E-state index in [4.69, 9.17) is 0 Å². The predicted octanol–water partition coefficient (Wildman–Crippen LogP) is 4.09.